The summed E-state index contributed by atoms with van der Waals surface area (Å²) in [4.78, 5) is 36.5. The van der Waals surface area contributed by atoms with E-state index in [0.29, 0.717) is 38.3 Å². The zero-order valence-corrected chi connectivity index (χ0v) is 31.4. The molecule has 0 aliphatic carbocycles. The molecule has 6 heterocycles. The van der Waals surface area contributed by atoms with Gasteiger partial charge in [-0.15, -0.1) is 0 Å². The van der Waals surface area contributed by atoms with Gasteiger partial charge in [0.1, 0.15) is 34.4 Å². The van der Waals surface area contributed by atoms with Crippen molar-refractivity contribution in [3.8, 4) is 22.9 Å². The van der Waals surface area contributed by atoms with Gasteiger partial charge in [-0.25, -0.2) is 18.6 Å². The van der Waals surface area contributed by atoms with E-state index in [1.54, 1.807) is 24.8 Å². The molecule has 2 aliphatic heterocycles. The molecule has 0 spiro atoms. The number of carbonyl (C=O) groups excluding carboxylic acids is 2. The quantitative estimate of drug-likeness (QED) is 0.191. The van der Waals surface area contributed by atoms with Crippen molar-refractivity contribution in [2.75, 3.05) is 57.3 Å². The van der Waals surface area contributed by atoms with Crippen LogP contribution in [0.15, 0.2) is 55.0 Å². The highest BCUT2D eigenvalue weighted by atomic mass is 19.1. The molecule has 6 aromatic rings. The first-order valence-electron chi connectivity index (χ1n) is 18.4. The van der Waals surface area contributed by atoms with Gasteiger partial charge >= 0.3 is 6.03 Å². The number of piperidine rings is 1. The minimum absolute atomic E-state index is 0.0493. The smallest absolute Gasteiger partial charge is 0.359 e. The van der Waals surface area contributed by atoms with Crippen LogP contribution < -0.4 is 19.9 Å². The Morgan fingerprint density at radius 1 is 1.07 bits per heavy atom. The van der Waals surface area contributed by atoms with Crippen LogP contribution in [0.4, 0.5) is 25.0 Å². The van der Waals surface area contributed by atoms with E-state index in [-0.39, 0.29) is 36.5 Å². The maximum Gasteiger partial charge on any atom is 0.359 e. The van der Waals surface area contributed by atoms with Gasteiger partial charge in [-0.3, -0.25) is 4.79 Å². The number of fused-ring (bicyclic) bond motifs is 4. The van der Waals surface area contributed by atoms with Crippen molar-refractivity contribution in [2.45, 2.75) is 38.8 Å². The second-order valence-corrected chi connectivity index (χ2v) is 14.2. The van der Waals surface area contributed by atoms with Gasteiger partial charge in [0, 0.05) is 82.1 Å². The summed E-state index contributed by atoms with van der Waals surface area (Å²) in [7, 11) is 5.32. The number of aryl methyl sites for hydroxylation is 1. The number of rotatable bonds is 9. The summed E-state index contributed by atoms with van der Waals surface area (Å²) in [5, 5.41) is 20.0. The largest absolute Gasteiger partial charge is 0.496 e. The van der Waals surface area contributed by atoms with Crippen molar-refractivity contribution in [3.05, 3.63) is 89.3 Å². The fourth-order valence-corrected chi connectivity index (χ4v) is 8.33. The van der Waals surface area contributed by atoms with Gasteiger partial charge in [0.2, 0.25) is 5.78 Å². The Kier molecular flexibility index (Phi) is 9.63. The van der Waals surface area contributed by atoms with E-state index < -0.39 is 35.4 Å². The highest BCUT2D eigenvalue weighted by molar-refractivity contribution is 6.11. The third-order valence-electron chi connectivity index (χ3n) is 11.0. The number of ether oxygens (including phenoxy) is 2. The number of anilines is 2. The van der Waals surface area contributed by atoms with E-state index in [1.807, 2.05) is 38.2 Å². The zero-order valence-electron chi connectivity index (χ0n) is 31.4. The average molecular weight is 763 g/mol. The molecular formula is C40H40F2N10O4. The zero-order chi connectivity index (χ0) is 39.2. The summed E-state index contributed by atoms with van der Waals surface area (Å²) < 4.78 is 47.4. The molecule has 16 heteroatoms. The molecule has 56 heavy (non-hydrogen) atoms. The number of methoxy groups -OCH3 is 2. The Bertz CT molecular complexity index is 2520. The molecule has 2 aliphatic rings. The third-order valence-corrected chi connectivity index (χ3v) is 11.0. The molecule has 288 valence electrons. The van der Waals surface area contributed by atoms with Gasteiger partial charge in [0.25, 0.3) is 0 Å². The Morgan fingerprint density at radius 3 is 2.55 bits per heavy atom. The van der Waals surface area contributed by atoms with Crippen molar-refractivity contribution < 1.29 is 27.8 Å². The fourth-order valence-electron chi connectivity index (χ4n) is 8.33. The number of nitriles is 1. The lowest BCUT2D eigenvalue weighted by atomic mass is 9.89. The number of carbonyl (C=O) groups is 2. The SMILES string of the molecule is COCCn1c(C)nc2c3c(c(OC)cc21)-c1cccn2c(C(=O)c4cc(F)c(N5CCC(NC(=O)n6nccn6)C(CC#N)C5)c(F)c4)cc(c12)CCN3C. The highest BCUT2D eigenvalue weighted by Crippen LogP contribution is 2.47. The van der Waals surface area contributed by atoms with Crippen molar-refractivity contribution in [3.63, 3.8) is 0 Å². The number of amides is 1. The number of aromatic nitrogens is 6. The van der Waals surface area contributed by atoms with Crippen LogP contribution in [0.5, 0.6) is 5.75 Å². The van der Waals surface area contributed by atoms with Gasteiger partial charge in [-0.05, 0) is 49.6 Å². The van der Waals surface area contributed by atoms with Crippen LogP contribution in [0, 0.1) is 35.8 Å². The predicted molar refractivity (Wildman–Crippen MR) is 204 cm³/mol. The number of ketones is 1. The Balaban J connectivity index is 1.14. The molecule has 1 amide bonds. The molecule has 1 saturated heterocycles. The first-order valence-corrected chi connectivity index (χ1v) is 18.4. The second-order valence-electron chi connectivity index (χ2n) is 14.2. The van der Waals surface area contributed by atoms with Crippen LogP contribution in [0.25, 0.3) is 27.7 Å². The number of benzene rings is 2. The molecule has 1 N–H and O–H groups in total. The molecular weight excluding hydrogens is 723 g/mol. The lowest BCUT2D eigenvalue weighted by Gasteiger charge is -2.39. The number of halogens is 2. The van der Waals surface area contributed by atoms with E-state index in [4.69, 9.17) is 14.5 Å². The topological polar surface area (TPSA) is 148 Å². The van der Waals surface area contributed by atoms with Crippen molar-refractivity contribution >= 4 is 39.7 Å². The molecule has 4 aromatic heterocycles. The van der Waals surface area contributed by atoms with Crippen LogP contribution >= 0.6 is 0 Å². The van der Waals surface area contributed by atoms with E-state index in [1.165, 1.54) is 17.3 Å². The third kappa shape index (κ3) is 6.17. The van der Waals surface area contributed by atoms with Gasteiger partial charge < -0.3 is 33.6 Å². The lowest BCUT2D eigenvalue weighted by Crippen LogP contribution is -2.52. The number of pyridine rings is 1. The summed E-state index contributed by atoms with van der Waals surface area (Å²) in [5.74, 6) is -1.25. The average Bonchev–Trinajstić information content (AvgIpc) is 3.93. The van der Waals surface area contributed by atoms with E-state index in [2.05, 4.69) is 31.1 Å². The first-order chi connectivity index (χ1) is 27.1. The minimum Gasteiger partial charge on any atom is -0.496 e. The molecule has 2 atom stereocenters. The molecule has 0 radical (unpaired) electrons. The van der Waals surface area contributed by atoms with Crippen LogP contribution in [-0.2, 0) is 17.7 Å². The van der Waals surface area contributed by atoms with E-state index >= 15 is 8.78 Å². The summed E-state index contributed by atoms with van der Waals surface area (Å²) in [5.41, 5.74) is 5.90. The van der Waals surface area contributed by atoms with Crippen LogP contribution in [0.1, 0.15) is 40.3 Å². The molecule has 0 bridgehead atoms. The van der Waals surface area contributed by atoms with Gasteiger partial charge in [-0.1, -0.05) is 10.9 Å². The maximum absolute atomic E-state index is 16.0. The summed E-state index contributed by atoms with van der Waals surface area (Å²) >= 11 is 0. The maximum atomic E-state index is 16.0. The normalized spacial score (nSPS) is 16.7. The number of hydrogen-bond acceptors (Lipinski definition) is 10. The van der Waals surface area contributed by atoms with Crippen LogP contribution in [0.2, 0.25) is 0 Å². The number of hydrogen-bond donors (Lipinski definition) is 1. The van der Waals surface area contributed by atoms with Crippen molar-refractivity contribution in [1.29, 1.82) is 5.26 Å². The van der Waals surface area contributed by atoms with Crippen molar-refractivity contribution in [1.82, 2.24) is 34.3 Å². The lowest BCUT2D eigenvalue weighted by molar-refractivity contribution is 0.103. The highest BCUT2D eigenvalue weighted by Gasteiger charge is 2.34. The number of likely N-dealkylation sites (N-methyl/N-ethyl adjacent to an activating group) is 1. The second kappa shape index (κ2) is 14.7. The first kappa shape index (κ1) is 36.6. The molecule has 14 nitrogen and oxygen atoms in total. The van der Waals surface area contributed by atoms with E-state index in [9.17, 15) is 14.9 Å². The number of nitrogens with zero attached hydrogens (tertiary/aromatic N) is 9. The van der Waals surface area contributed by atoms with Crippen molar-refractivity contribution in [2.24, 2.45) is 5.92 Å². The Morgan fingerprint density at radius 2 is 1.84 bits per heavy atom. The summed E-state index contributed by atoms with van der Waals surface area (Å²) in [6.07, 6.45) is 5.50. The van der Waals surface area contributed by atoms with Crippen LogP contribution in [0.3, 0.4) is 0 Å². The Labute approximate surface area is 320 Å². The monoisotopic (exact) mass is 762 g/mol. The van der Waals surface area contributed by atoms with Crippen LogP contribution in [-0.4, -0.2) is 94.3 Å². The molecule has 0 saturated carbocycles. The number of imidazole rings is 1. The van der Waals surface area contributed by atoms with Gasteiger partial charge in [-0.2, -0.15) is 15.5 Å². The minimum atomic E-state index is -0.892. The number of nitrogens with one attached hydrogen (secondary N) is 1. The summed E-state index contributed by atoms with van der Waals surface area (Å²) in [6.45, 7) is 4.04. The standard InChI is InChI=1S/C40H40F2N10O4/c1-23-46-35-31(50(23)16-17-55-3)21-33(56-4)34-27-6-5-13-51-32(20-24(36(27)51)8-14-48(2)38(34)35)39(53)26-18-28(41)37(29(42)19-26)49-15-9-30(25(22-49)7-10-43)47-40(54)52-44-11-12-45-52/h5-6,11-13,18-21,25,30H,7-9,14-17,22H2,1-4H3,(H,47,54). The molecule has 1 fully saturated rings. The molecule has 2 aromatic carbocycles. The van der Waals surface area contributed by atoms with Gasteiger partial charge in [0.05, 0.1) is 60.2 Å². The Hall–Kier alpha value is -6.34. The molecule has 2 unspecified atom stereocenters. The van der Waals surface area contributed by atoms with Gasteiger partial charge in [0.15, 0.2) is 0 Å². The predicted octanol–water partition coefficient (Wildman–Crippen LogP) is 5.38. The van der Waals surface area contributed by atoms with E-state index in [0.717, 1.165) is 61.7 Å². The molecule has 8 rings (SSSR count). The fraction of sp³-hybridized carbons (Fsp3) is 0.350. The summed E-state index contributed by atoms with van der Waals surface area (Å²) in [6, 6.07) is 10.9.